The average Bonchev–Trinajstić information content (AvgIpc) is 3.31. The Morgan fingerprint density at radius 3 is 2.89 bits per heavy atom. The third kappa shape index (κ3) is 2.35. The summed E-state index contributed by atoms with van der Waals surface area (Å²) in [5.41, 5.74) is 7.25. The van der Waals surface area contributed by atoms with E-state index < -0.39 is 0 Å². The lowest BCUT2D eigenvalue weighted by Crippen LogP contribution is -1.99. The molecule has 0 aliphatic carbocycles. The predicted octanol–water partition coefficient (Wildman–Crippen LogP) is 5.57. The van der Waals surface area contributed by atoms with E-state index in [1.54, 1.807) is 6.20 Å². The second-order valence-electron chi connectivity index (χ2n) is 6.82. The zero-order chi connectivity index (χ0) is 18.5. The van der Waals surface area contributed by atoms with Crippen molar-refractivity contribution < 1.29 is 0 Å². The second-order valence-corrected chi connectivity index (χ2v) is 7.23. The lowest BCUT2D eigenvalue weighted by Gasteiger charge is -2.15. The van der Waals surface area contributed by atoms with Crippen LogP contribution >= 0.6 is 11.6 Å². The van der Waals surface area contributed by atoms with Crippen LogP contribution in [0.15, 0.2) is 36.8 Å². The van der Waals surface area contributed by atoms with Gasteiger partial charge in [-0.05, 0) is 42.7 Å². The molecule has 0 aliphatic heterocycles. The number of H-pyrrole nitrogens is 2. The molecule has 5 nitrogen and oxygen atoms in total. The number of benzene rings is 1. The third-order valence-electron chi connectivity index (χ3n) is 5.23. The molecule has 0 amide bonds. The molecule has 27 heavy (non-hydrogen) atoms. The molecular weight excluding hydrogens is 358 g/mol. The minimum absolute atomic E-state index is 0.684. The summed E-state index contributed by atoms with van der Waals surface area (Å²) < 4.78 is 0. The molecule has 0 saturated heterocycles. The Balaban J connectivity index is 1.91. The number of aromatic nitrogens is 5. The molecule has 0 bridgehead atoms. The van der Waals surface area contributed by atoms with Crippen LogP contribution in [0.25, 0.3) is 44.1 Å². The molecule has 0 fully saturated rings. The lowest BCUT2D eigenvalue weighted by molar-refractivity contribution is 0.912. The van der Waals surface area contributed by atoms with Crippen molar-refractivity contribution in [3.05, 3.63) is 52.9 Å². The van der Waals surface area contributed by atoms with Crippen LogP contribution in [0.4, 0.5) is 0 Å². The molecule has 5 rings (SSSR count). The minimum atomic E-state index is 0.684. The first-order chi connectivity index (χ1) is 13.2. The van der Waals surface area contributed by atoms with E-state index in [1.807, 2.05) is 24.5 Å². The Morgan fingerprint density at radius 1 is 1.15 bits per heavy atom. The number of hydrogen-bond donors (Lipinski definition) is 2. The number of aryl methyl sites for hydroxylation is 1. The highest BCUT2D eigenvalue weighted by molar-refractivity contribution is 6.36. The van der Waals surface area contributed by atoms with Crippen molar-refractivity contribution in [1.82, 2.24) is 25.1 Å². The molecule has 2 N–H and O–H groups in total. The van der Waals surface area contributed by atoms with Crippen molar-refractivity contribution in [3.8, 4) is 11.3 Å². The van der Waals surface area contributed by atoms with Gasteiger partial charge in [-0.2, -0.15) is 5.10 Å². The molecule has 0 spiro atoms. The normalized spacial score (nSPS) is 11.8. The zero-order valence-electron chi connectivity index (χ0n) is 15.1. The van der Waals surface area contributed by atoms with Crippen LogP contribution < -0.4 is 0 Å². The molecular formula is C21H18ClN5. The first kappa shape index (κ1) is 16.3. The summed E-state index contributed by atoms with van der Waals surface area (Å²) in [7, 11) is 0. The first-order valence-corrected chi connectivity index (χ1v) is 9.44. The quantitative estimate of drug-likeness (QED) is 0.433. The topological polar surface area (TPSA) is 70.2 Å². The molecule has 5 aromatic rings. The summed E-state index contributed by atoms with van der Waals surface area (Å²) in [4.78, 5) is 12.7. The number of rotatable bonds is 3. The average molecular weight is 376 g/mol. The van der Waals surface area contributed by atoms with Crippen LogP contribution in [0, 0.1) is 6.92 Å². The van der Waals surface area contributed by atoms with Crippen molar-refractivity contribution in [3.63, 3.8) is 0 Å². The Bertz CT molecular complexity index is 1310. The molecule has 0 unspecified atom stereocenters. The summed E-state index contributed by atoms with van der Waals surface area (Å²) in [6.45, 7) is 4.37. The molecule has 134 valence electrons. The minimum Gasteiger partial charge on any atom is -0.345 e. The van der Waals surface area contributed by atoms with Gasteiger partial charge in [0.2, 0.25) is 0 Å². The van der Waals surface area contributed by atoms with Crippen LogP contribution in [0.1, 0.15) is 24.5 Å². The van der Waals surface area contributed by atoms with Crippen LogP contribution in [0.3, 0.4) is 0 Å². The summed E-state index contributed by atoms with van der Waals surface area (Å²) >= 11 is 6.50. The maximum atomic E-state index is 6.50. The fraction of sp³-hybridized carbons (Fsp3) is 0.190. The fourth-order valence-electron chi connectivity index (χ4n) is 3.99. The zero-order valence-corrected chi connectivity index (χ0v) is 15.9. The molecule has 4 aromatic heterocycles. The van der Waals surface area contributed by atoms with Crippen LogP contribution in [0.2, 0.25) is 5.02 Å². The fourth-order valence-corrected chi connectivity index (χ4v) is 4.24. The SMILES string of the molecule is CCCc1c(-c2c[nH]c3nccc(Cl)c23)nc2ccc3[nH]ncc3c2c1C. The number of fused-ring (bicyclic) bond motifs is 4. The highest BCUT2D eigenvalue weighted by Crippen LogP contribution is 2.38. The van der Waals surface area contributed by atoms with E-state index >= 15 is 0 Å². The van der Waals surface area contributed by atoms with E-state index in [0.29, 0.717) is 5.02 Å². The van der Waals surface area contributed by atoms with Gasteiger partial charge in [0.15, 0.2) is 0 Å². The predicted molar refractivity (Wildman–Crippen MR) is 110 cm³/mol. The van der Waals surface area contributed by atoms with E-state index in [-0.39, 0.29) is 0 Å². The van der Waals surface area contributed by atoms with Gasteiger partial charge in [0.05, 0.1) is 27.9 Å². The number of pyridine rings is 2. The summed E-state index contributed by atoms with van der Waals surface area (Å²) in [6, 6.07) is 5.91. The van der Waals surface area contributed by atoms with Gasteiger partial charge < -0.3 is 4.98 Å². The number of nitrogens with zero attached hydrogens (tertiary/aromatic N) is 3. The van der Waals surface area contributed by atoms with Gasteiger partial charge in [-0.3, -0.25) is 5.10 Å². The van der Waals surface area contributed by atoms with E-state index in [0.717, 1.165) is 56.9 Å². The van der Waals surface area contributed by atoms with Crippen LogP contribution in [-0.4, -0.2) is 25.1 Å². The second kappa shape index (κ2) is 6.06. The summed E-state index contributed by atoms with van der Waals surface area (Å²) in [5.74, 6) is 0. The van der Waals surface area contributed by atoms with E-state index in [9.17, 15) is 0 Å². The molecule has 1 aromatic carbocycles. The first-order valence-electron chi connectivity index (χ1n) is 9.06. The highest BCUT2D eigenvalue weighted by Gasteiger charge is 2.19. The van der Waals surface area contributed by atoms with E-state index in [4.69, 9.17) is 16.6 Å². The highest BCUT2D eigenvalue weighted by atomic mass is 35.5. The van der Waals surface area contributed by atoms with Crippen molar-refractivity contribution >= 4 is 44.4 Å². The maximum absolute atomic E-state index is 6.50. The molecule has 0 saturated carbocycles. The number of hydrogen-bond acceptors (Lipinski definition) is 3. The van der Waals surface area contributed by atoms with Gasteiger partial charge in [-0.1, -0.05) is 24.9 Å². The standard InChI is InChI=1S/C21H18ClN5/c1-3-4-12-11(2)18-13-10-25-27-16(13)5-6-17(18)26-20(12)14-9-24-21-19(14)15(22)7-8-23-21/h5-10H,3-4H2,1-2H3,(H,23,24)(H,25,27). The Hall–Kier alpha value is -2.92. The molecule has 4 heterocycles. The van der Waals surface area contributed by atoms with E-state index in [2.05, 4.69) is 40.1 Å². The number of halogens is 1. The van der Waals surface area contributed by atoms with Gasteiger partial charge in [0.1, 0.15) is 5.65 Å². The van der Waals surface area contributed by atoms with Crippen LogP contribution in [0.5, 0.6) is 0 Å². The Morgan fingerprint density at radius 2 is 2.04 bits per heavy atom. The summed E-state index contributed by atoms with van der Waals surface area (Å²) in [6.07, 6.45) is 7.55. The van der Waals surface area contributed by atoms with Gasteiger partial charge in [0, 0.05) is 34.1 Å². The van der Waals surface area contributed by atoms with Gasteiger partial charge in [-0.15, -0.1) is 0 Å². The maximum Gasteiger partial charge on any atom is 0.139 e. The smallest absolute Gasteiger partial charge is 0.139 e. The molecule has 0 atom stereocenters. The van der Waals surface area contributed by atoms with Crippen molar-refractivity contribution in [1.29, 1.82) is 0 Å². The van der Waals surface area contributed by atoms with Crippen molar-refractivity contribution in [2.24, 2.45) is 0 Å². The number of nitrogens with one attached hydrogen (secondary N) is 2. The van der Waals surface area contributed by atoms with Crippen molar-refractivity contribution in [2.75, 3.05) is 0 Å². The van der Waals surface area contributed by atoms with Crippen LogP contribution in [-0.2, 0) is 6.42 Å². The van der Waals surface area contributed by atoms with Gasteiger partial charge in [0.25, 0.3) is 0 Å². The molecule has 0 radical (unpaired) electrons. The van der Waals surface area contributed by atoms with Crippen molar-refractivity contribution in [2.45, 2.75) is 26.7 Å². The largest absolute Gasteiger partial charge is 0.345 e. The Kier molecular flexibility index (Phi) is 3.65. The summed E-state index contributed by atoms with van der Waals surface area (Å²) in [5, 5.41) is 11.1. The Labute approximate surface area is 160 Å². The van der Waals surface area contributed by atoms with Gasteiger partial charge in [-0.25, -0.2) is 9.97 Å². The lowest BCUT2D eigenvalue weighted by atomic mass is 9.93. The number of aromatic amines is 2. The molecule has 0 aliphatic rings. The molecule has 6 heteroatoms. The van der Waals surface area contributed by atoms with Gasteiger partial charge >= 0.3 is 0 Å². The van der Waals surface area contributed by atoms with E-state index in [1.165, 1.54) is 11.1 Å². The third-order valence-corrected chi connectivity index (χ3v) is 5.54. The monoisotopic (exact) mass is 375 g/mol.